The third kappa shape index (κ3) is 40.6. The first-order valence-corrected chi connectivity index (χ1v) is 9.04. The van der Waals surface area contributed by atoms with E-state index in [-0.39, 0.29) is 308 Å². The van der Waals surface area contributed by atoms with E-state index in [4.69, 9.17) is 29.4 Å². The summed E-state index contributed by atoms with van der Waals surface area (Å²) in [4.78, 5) is 51.6. The van der Waals surface area contributed by atoms with Crippen LogP contribution in [-0.2, 0) is 13.7 Å². The van der Waals surface area contributed by atoms with Crippen LogP contribution in [0.3, 0.4) is 0 Å². The Morgan fingerprint density at radius 2 is 0.636 bits per heavy atom. The molecular formula is C3H12K6NO9P3. The topological polar surface area (TPSA) is 176 Å². The predicted molar refractivity (Wildman–Crippen MR) is 87.1 cm³/mol. The Morgan fingerprint density at radius 3 is 0.727 bits per heavy atom. The van der Waals surface area contributed by atoms with E-state index in [9.17, 15) is 13.7 Å². The van der Waals surface area contributed by atoms with Crippen molar-refractivity contribution in [1.82, 2.24) is 4.90 Å². The third-order valence-corrected chi connectivity index (χ3v) is 3.46. The number of rotatable bonds is 6. The van der Waals surface area contributed by atoms with E-state index in [1.165, 1.54) is 0 Å². The minimum Gasteiger partial charge on any atom is -0.324 e. The quantitative estimate of drug-likeness (QED) is 0.148. The first-order valence-electron chi connectivity index (χ1n) is 3.65. The Bertz CT molecular complexity index is 324. The van der Waals surface area contributed by atoms with Gasteiger partial charge in [-0.25, -0.2) is 0 Å². The minimum absolute atomic E-state index is 0. The molecule has 0 fully saturated rings. The van der Waals surface area contributed by atoms with E-state index < -0.39 is 41.6 Å². The van der Waals surface area contributed by atoms with Crippen LogP contribution in [0.15, 0.2) is 0 Å². The Hall–Kier alpha value is 10.2. The van der Waals surface area contributed by atoms with Gasteiger partial charge in [0.15, 0.2) is 0 Å². The first kappa shape index (κ1) is 49.4. The molecule has 6 radical (unpaired) electrons. The van der Waals surface area contributed by atoms with Crippen molar-refractivity contribution in [1.29, 1.82) is 0 Å². The van der Waals surface area contributed by atoms with Crippen LogP contribution in [0.4, 0.5) is 0 Å². The molecule has 0 aliphatic carbocycles. The average Bonchev–Trinajstić information content (AvgIpc) is 1.70. The van der Waals surface area contributed by atoms with Gasteiger partial charge >= 0.3 is 22.8 Å². The molecule has 22 heavy (non-hydrogen) atoms. The van der Waals surface area contributed by atoms with Crippen LogP contribution in [0, 0.1) is 0 Å². The fourth-order valence-corrected chi connectivity index (χ4v) is 3.55. The zero-order chi connectivity index (χ0) is 13.2. The van der Waals surface area contributed by atoms with E-state index in [1.807, 2.05) is 0 Å². The second kappa shape index (κ2) is 24.4. The van der Waals surface area contributed by atoms with Crippen LogP contribution < -0.4 is 0 Å². The predicted octanol–water partition coefficient (Wildman–Crippen LogP) is -3.59. The van der Waals surface area contributed by atoms with E-state index >= 15 is 0 Å². The van der Waals surface area contributed by atoms with E-state index in [1.54, 1.807) is 0 Å². The van der Waals surface area contributed by atoms with Crippen molar-refractivity contribution in [3.8, 4) is 0 Å². The van der Waals surface area contributed by atoms with Gasteiger partial charge in [-0.2, -0.15) is 0 Å². The molecule has 0 aromatic carbocycles. The Kier molecular flexibility index (Phi) is 54.7. The molecule has 0 aliphatic rings. The molecule has 0 atom stereocenters. The second-order valence-corrected chi connectivity index (χ2v) is 7.93. The third-order valence-electron chi connectivity index (χ3n) is 1.15. The summed E-state index contributed by atoms with van der Waals surface area (Å²) in [5, 5.41) is 0. The summed E-state index contributed by atoms with van der Waals surface area (Å²) in [5.41, 5.74) is 0. The van der Waals surface area contributed by atoms with E-state index in [0.29, 0.717) is 4.90 Å². The molecule has 0 unspecified atom stereocenters. The normalized spacial score (nSPS) is 10.5. The number of hydrogen-bond acceptors (Lipinski definition) is 4. The molecule has 0 aromatic heterocycles. The van der Waals surface area contributed by atoms with Gasteiger partial charge < -0.3 is 29.4 Å². The zero-order valence-corrected chi connectivity index (χ0v) is 35.2. The Morgan fingerprint density at radius 1 is 0.500 bits per heavy atom. The molecule has 10 nitrogen and oxygen atoms in total. The Balaban J connectivity index is -0.0000000750. The van der Waals surface area contributed by atoms with Gasteiger partial charge in [-0.3, -0.25) is 18.6 Å². The van der Waals surface area contributed by atoms with Gasteiger partial charge in [0.1, 0.15) is 18.9 Å². The minimum atomic E-state index is -4.65. The molecule has 19 heteroatoms. The summed E-state index contributed by atoms with van der Waals surface area (Å²) in [5.74, 6) is 0. The summed E-state index contributed by atoms with van der Waals surface area (Å²) in [6.07, 6.45) is -3.41. The summed E-state index contributed by atoms with van der Waals surface area (Å²) in [6.45, 7) is 0. The monoisotopic (exact) mass is 533 g/mol. The smallest absolute Gasteiger partial charge is 0.324 e. The summed E-state index contributed by atoms with van der Waals surface area (Å²) < 4.78 is 31.7. The van der Waals surface area contributed by atoms with Crippen molar-refractivity contribution < 1.29 is 43.1 Å². The molecule has 0 bridgehead atoms. The molecule has 6 N–H and O–H groups in total. The second-order valence-electron chi connectivity index (χ2n) is 3.09. The van der Waals surface area contributed by atoms with Crippen LogP contribution in [0.1, 0.15) is 0 Å². The molecule has 0 saturated carbocycles. The number of nitrogens with zero attached hydrogens (tertiary/aromatic N) is 1. The molecule has 0 amide bonds. The van der Waals surface area contributed by atoms with Gasteiger partial charge in [-0.1, -0.05) is 0 Å². The van der Waals surface area contributed by atoms with Crippen molar-refractivity contribution in [3.63, 3.8) is 0 Å². The molecular weight excluding hydrogens is 522 g/mol. The largest absolute Gasteiger partial charge is 0.339 e. The van der Waals surface area contributed by atoms with Gasteiger partial charge in [-0.15, -0.1) is 0 Å². The van der Waals surface area contributed by atoms with Crippen molar-refractivity contribution in [3.05, 3.63) is 0 Å². The van der Waals surface area contributed by atoms with Crippen LogP contribution in [0.25, 0.3) is 0 Å². The molecule has 0 aromatic rings. The van der Waals surface area contributed by atoms with Gasteiger partial charge in [-0.05, 0) is 0 Å². The molecule has 0 spiro atoms. The SMILES string of the molecule is O=P(O)(O)CN(CP(=O)(O)O)CP(=O)(O)O.[K].[K].[K].[K].[K].[K]. The maximum atomic E-state index is 10.6. The van der Waals surface area contributed by atoms with E-state index in [2.05, 4.69) is 0 Å². The van der Waals surface area contributed by atoms with Crippen LogP contribution in [-0.4, -0.2) is 361 Å². The standard InChI is InChI=1S/C3H12NO9P3.6K/c5-14(6,7)1-4(2-15(8,9)10)3-16(11,12)13;;;;;;/h1-3H2,(H2,5,6,7)(H2,8,9,10)(H2,11,12,13);;;;;;. The summed E-state index contributed by atoms with van der Waals surface area (Å²) >= 11 is 0. The summed E-state index contributed by atoms with van der Waals surface area (Å²) in [6, 6.07) is 0. The maximum Gasteiger partial charge on any atom is 0.339 e. The Labute approximate surface area is 384 Å². The van der Waals surface area contributed by atoms with Crippen LogP contribution in [0.2, 0.25) is 0 Å². The van der Waals surface area contributed by atoms with Crippen LogP contribution >= 0.6 is 22.8 Å². The molecule has 104 valence electrons. The number of hydrogen-bond donors (Lipinski definition) is 6. The molecule has 0 rings (SSSR count). The fourth-order valence-electron chi connectivity index (χ4n) is 0.916. The van der Waals surface area contributed by atoms with Crippen molar-refractivity contribution in [2.45, 2.75) is 0 Å². The first-order chi connectivity index (χ1) is 6.79. The average molecular weight is 534 g/mol. The fraction of sp³-hybridized carbons (Fsp3) is 1.00. The van der Waals surface area contributed by atoms with Gasteiger partial charge in [0.2, 0.25) is 0 Å². The van der Waals surface area contributed by atoms with Gasteiger partial charge in [0.25, 0.3) is 0 Å². The van der Waals surface area contributed by atoms with Gasteiger partial charge in [0, 0.05) is 308 Å². The molecule has 0 aliphatic heterocycles. The van der Waals surface area contributed by atoms with E-state index in [0.717, 1.165) is 0 Å². The molecule has 0 saturated heterocycles. The van der Waals surface area contributed by atoms with Crippen LogP contribution in [0.5, 0.6) is 0 Å². The van der Waals surface area contributed by atoms with Gasteiger partial charge in [0.05, 0.1) is 0 Å². The van der Waals surface area contributed by atoms with Crippen molar-refractivity contribution >= 4 is 331 Å². The zero-order valence-electron chi connectivity index (χ0n) is 13.8. The molecule has 0 heterocycles. The summed E-state index contributed by atoms with van der Waals surface area (Å²) in [7, 11) is -14.0. The van der Waals surface area contributed by atoms with Crippen molar-refractivity contribution in [2.24, 2.45) is 0 Å². The van der Waals surface area contributed by atoms with Crippen molar-refractivity contribution in [2.75, 3.05) is 18.9 Å². The maximum absolute atomic E-state index is 10.6.